The summed E-state index contributed by atoms with van der Waals surface area (Å²) in [7, 11) is 2.96. The van der Waals surface area contributed by atoms with Gasteiger partial charge in [0.25, 0.3) is 0 Å². The standard InChI is InChI=1S/C26H25NO6/c1-31-23-13-7-12-20(25(23)32-2)22(14-24(28)29)27-26(30)33-15-21-18-10-5-3-8-16(18)17-9-4-6-11-19(17)21/h3-13,21-22H,14-15H2,1-2H3,(H,27,30)(H,28,29)/t22-/m0/s1. The molecule has 1 atom stereocenters. The van der Waals surface area contributed by atoms with Crippen LogP contribution >= 0.6 is 0 Å². The molecule has 0 radical (unpaired) electrons. The van der Waals surface area contributed by atoms with Crippen molar-refractivity contribution in [1.29, 1.82) is 0 Å². The Morgan fingerprint density at radius 3 is 2.12 bits per heavy atom. The minimum Gasteiger partial charge on any atom is -0.493 e. The Morgan fingerprint density at radius 2 is 1.55 bits per heavy atom. The van der Waals surface area contributed by atoms with Crippen LogP contribution in [0, 0.1) is 0 Å². The monoisotopic (exact) mass is 447 g/mol. The first-order chi connectivity index (χ1) is 16.0. The SMILES string of the molecule is COc1cccc([C@H](CC(=O)O)NC(=O)OCC2c3ccccc3-c3ccccc32)c1OC. The van der Waals surface area contributed by atoms with E-state index >= 15 is 0 Å². The molecule has 7 heteroatoms. The number of nitrogens with one attached hydrogen (secondary N) is 1. The van der Waals surface area contributed by atoms with E-state index in [-0.39, 0.29) is 18.9 Å². The second-order valence-electron chi connectivity index (χ2n) is 7.70. The highest BCUT2D eigenvalue weighted by Gasteiger charge is 2.30. The molecule has 0 spiro atoms. The quantitative estimate of drug-likeness (QED) is 0.517. The van der Waals surface area contributed by atoms with E-state index < -0.39 is 18.1 Å². The van der Waals surface area contributed by atoms with Crippen LogP contribution in [-0.4, -0.2) is 38.0 Å². The zero-order valence-electron chi connectivity index (χ0n) is 18.4. The molecule has 4 rings (SSSR count). The number of carboxylic acids is 1. The van der Waals surface area contributed by atoms with Crippen LogP contribution in [0.15, 0.2) is 66.7 Å². The van der Waals surface area contributed by atoms with Crippen molar-refractivity contribution in [3.05, 3.63) is 83.4 Å². The van der Waals surface area contributed by atoms with Gasteiger partial charge in [-0.1, -0.05) is 60.7 Å². The van der Waals surface area contributed by atoms with E-state index in [2.05, 4.69) is 17.4 Å². The van der Waals surface area contributed by atoms with Crippen molar-refractivity contribution in [2.45, 2.75) is 18.4 Å². The van der Waals surface area contributed by atoms with Crippen molar-refractivity contribution >= 4 is 12.1 Å². The Bertz CT molecular complexity index is 1130. The van der Waals surface area contributed by atoms with Crippen LogP contribution in [-0.2, 0) is 9.53 Å². The fourth-order valence-electron chi connectivity index (χ4n) is 4.38. The first-order valence-electron chi connectivity index (χ1n) is 10.6. The molecule has 1 aliphatic rings. The van der Waals surface area contributed by atoms with Gasteiger partial charge >= 0.3 is 12.1 Å². The fraction of sp³-hybridized carbons (Fsp3) is 0.231. The molecule has 170 valence electrons. The third-order valence-corrected chi connectivity index (χ3v) is 5.82. The van der Waals surface area contributed by atoms with Gasteiger partial charge in [-0.3, -0.25) is 4.79 Å². The van der Waals surface area contributed by atoms with Crippen LogP contribution in [0.1, 0.15) is 35.1 Å². The molecule has 0 unspecified atom stereocenters. The third kappa shape index (κ3) is 4.48. The van der Waals surface area contributed by atoms with Gasteiger partial charge in [-0.15, -0.1) is 0 Å². The summed E-state index contributed by atoms with van der Waals surface area (Å²) in [6.45, 7) is 0.134. The predicted octanol–water partition coefficient (Wildman–Crippen LogP) is 4.76. The summed E-state index contributed by atoms with van der Waals surface area (Å²) in [5, 5.41) is 12.1. The Labute approximate surface area is 191 Å². The number of amides is 1. The van der Waals surface area contributed by atoms with Crippen LogP contribution in [0.25, 0.3) is 11.1 Å². The van der Waals surface area contributed by atoms with E-state index in [1.807, 2.05) is 36.4 Å². The Balaban J connectivity index is 1.52. The highest BCUT2D eigenvalue weighted by molar-refractivity contribution is 5.79. The van der Waals surface area contributed by atoms with Crippen molar-refractivity contribution in [2.75, 3.05) is 20.8 Å². The summed E-state index contributed by atoms with van der Waals surface area (Å²) in [4.78, 5) is 24.2. The first kappa shape index (κ1) is 22.2. The fourth-order valence-corrected chi connectivity index (χ4v) is 4.38. The number of ether oxygens (including phenoxy) is 3. The van der Waals surface area contributed by atoms with Crippen LogP contribution in [0.5, 0.6) is 11.5 Å². The van der Waals surface area contributed by atoms with Crippen LogP contribution < -0.4 is 14.8 Å². The lowest BCUT2D eigenvalue weighted by Gasteiger charge is -2.22. The number of para-hydroxylation sites is 1. The molecule has 0 saturated carbocycles. The lowest BCUT2D eigenvalue weighted by molar-refractivity contribution is -0.137. The molecule has 7 nitrogen and oxygen atoms in total. The summed E-state index contributed by atoms with van der Waals surface area (Å²) in [6.07, 6.45) is -1.04. The molecule has 1 amide bonds. The second-order valence-corrected chi connectivity index (χ2v) is 7.70. The number of aliphatic carboxylic acids is 1. The van der Waals surface area contributed by atoms with Gasteiger partial charge in [0.05, 0.1) is 26.7 Å². The maximum atomic E-state index is 12.7. The molecule has 3 aromatic rings. The average molecular weight is 447 g/mol. The number of carbonyl (C=O) groups is 2. The summed E-state index contributed by atoms with van der Waals surface area (Å²) < 4.78 is 16.3. The molecule has 0 fully saturated rings. The molecular weight excluding hydrogens is 422 g/mol. The van der Waals surface area contributed by atoms with Crippen molar-refractivity contribution in [1.82, 2.24) is 5.32 Å². The number of methoxy groups -OCH3 is 2. The van der Waals surface area contributed by atoms with Gasteiger partial charge in [0.1, 0.15) is 6.61 Å². The molecule has 33 heavy (non-hydrogen) atoms. The summed E-state index contributed by atoms with van der Waals surface area (Å²) in [5.74, 6) is -0.346. The van der Waals surface area contributed by atoms with E-state index in [1.165, 1.54) is 14.2 Å². The molecule has 0 saturated heterocycles. The lowest BCUT2D eigenvalue weighted by Crippen LogP contribution is -2.32. The summed E-state index contributed by atoms with van der Waals surface area (Å²) in [6, 6.07) is 20.4. The number of hydrogen-bond donors (Lipinski definition) is 2. The largest absolute Gasteiger partial charge is 0.493 e. The van der Waals surface area contributed by atoms with Gasteiger partial charge in [-0.25, -0.2) is 4.79 Å². The molecule has 0 aromatic heterocycles. The number of carboxylic acid groups (broad SMARTS) is 1. The first-order valence-corrected chi connectivity index (χ1v) is 10.6. The van der Waals surface area contributed by atoms with Gasteiger partial charge in [0.15, 0.2) is 11.5 Å². The van der Waals surface area contributed by atoms with Crippen molar-refractivity contribution in [3.8, 4) is 22.6 Å². The van der Waals surface area contributed by atoms with Crippen molar-refractivity contribution in [3.63, 3.8) is 0 Å². The topological polar surface area (TPSA) is 94.1 Å². The normalized spacial score (nSPS) is 12.9. The zero-order valence-corrected chi connectivity index (χ0v) is 18.4. The maximum Gasteiger partial charge on any atom is 0.407 e. The minimum atomic E-state index is -1.07. The molecule has 0 bridgehead atoms. The van der Waals surface area contributed by atoms with Crippen molar-refractivity contribution < 1.29 is 28.9 Å². The predicted molar refractivity (Wildman–Crippen MR) is 123 cm³/mol. The number of fused-ring (bicyclic) bond motifs is 3. The number of carbonyl (C=O) groups excluding carboxylic acids is 1. The summed E-state index contributed by atoms with van der Waals surface area (Å²) in [5.41, 5.74) is 4.96. The molecule has 0 aliphatic heterocycles. The maximum absolute atomic E-state index is 12.7. The van der Waals surface area contributed by atoms with E-state index in [0.29, 0.717) is 17.1 Å². The van der Waals surface area contributed by atoms with Gasteiger partial charge in [0.2, 0.25) is 0 Å². The Kier molecular flexibility index (Phi) is 6.49. The van der Waals surface area contributed by atoms with Gasteiger partial charge in [-0.2, -0.15) is 0 Å². The van der Waals surface area contributed by atoms with Gasteiger partial charge in [0, 0.05) is 11.5 Å². The third-order valence-electron chi connectivity index (χ3n) is 5.82. The Morgan fingerprint density at radius 1 is 0.909 bits per heavy atom. The molecule has 0 heterocycles. The molecule has 1 aliphatic carbocycles. The highest BCUT2D eigenvalue weighted by atomic mass is 16.5. The number of benzene rings is 3. The van der Waals surface area contributed by atoms with E-state index in [0.717, 1.165) is 22.3 Å². The average Bonchev–Trinajstić information content (AvgIpc) is 3.15. The lowest BCUT2D eigenvalue weighted by atomic mass is 9.98. The van der Waals surface area contributed by atoms with Gasteiger partial charge in [-0.05, 0) is 28.3 Å². The van der Waals surface area contributed by atoms with E-state index in [4.69, 9.17) is 14.2 Å². The molecular formula is C26H25NO6. The van der Waals surface area contributed by atoms with Gasteiger partial charge < -0.3 is 24.6 Å². The molecule has 2 N–H and O–H groups in total. The number of alkyl carbamates (subject to hydrolysis) is 1. The minimum absolute atomic E-state index is 0.0903. The Hall–Kier alpha value is -4.00. The van der Waals surface area contributed by atoms with Crippen LogP contribution in [0.4, 0.5) is 4.79 Å². The summed E-state index contributed by atoms with van der Waals surface area (Å²) >= 11 is 0. The highest BCUT2D eigenvalue weighted by Crippen LogP contribution is 2.44. The number of rotatable bonds is 8. The van der Waals surface area contributed by atoms with Crippen LogP contribution in [0.2, 0.25) is 0 Å². The number of hydrogen-bond acceptors (Lipinski definition) is 5. The van der Waals surface area contributed by atoms with Crippen LogP contribution in [0.3, 0.4) is 0 Å². The smallest absolute Gasteiger partial charge is 0.407 e. The van der Waals surface area contributed by atoms with E-state index in [9.17, 15) is 14.7 Å². The second kappa shape index (κ2) is 9.65. The zero-order chi connectivity index (χ0) is 23.4. The van der Waals surface area contributed by atoms with Crippen molar-refractivity contribution in [2.24, 2.45) is 0 Å². The van der Waals surface area contributed by atoms with E-state index in [1.54, 1.807) is 18.2 Å². The molecule has 3 aromatic carbocycles.